The normalized spacial score (nSPS) is 19.3. The van der Waals surface area contributed by atoms with Crippen molar-refractivity contribution in [3.63, 3.8) is 0 Å². The van der Waals surface area contributed by atoms with Crippen molar-refractivity contribution >= 4 is 23.6 Å². The van der Waals surface area contributed by atoms with Crippen LogP contribution in [0.25, 0.3) is 0 Å². The van der Waals surface area contributed by atoms with Gasteiger partial charge in [-0.05, 0) is 24.3 Å². The second-order valence-corrected chi connectivity index (χ2v) is 8.38. The van der Waals surface area contributed by atoms with Crippen LogP contribution in [-0.4, -0.2) is 49.4 Å². The minimum Gasteiger partial charge on any atom is -0.445 e. The first kappa shape index (κ1) is 25.5. The molecule has 0 bridgehead atoms. The van der Waals surface area contributed by atoms with Crippen molar-refractivity contribution in [2.75, 3.05) is 19.8 Å². The fraction of sp³-hybridized carbons (Fsp3) is 0.583. The molecule has 2 unspecified atom stereocenters. The van der Waals surface area contributed by atoms with Gasteiger partial charge in [-0.1, -0.05) is 57.0 Å². The summed E-state index contributed by atoms with van der Waals surface area (Å²) >= 11 is 0. The van der Waals surface area contributed by atoms with Gasteiger partial charge in [0.1, 0.15) is 6.61 Å². The van der Waals surface area contributed by atoms with Crippen LogP contribution in [0, 0.1) is 11.8 Å². The molecular weight excluding hydrogens is 412 g/mol. The van der Waals surface area contributed by atoms with Gasteiger partial charge >= 0.3 is 6.09 Å². The van der Waals surface area contributed by atoms with Crippen molar-refractivity contribution in [3.8, 4) is 0 Å². The Labute approximate surface area is 189 Å². The van der Waals surface area contributed by atoms with Crippen LogP contribution in [0.2, 0.25) is 0 Å². The molecule has 1 aliphatic rings. The molecule has 2 rings (SSSR count). The van der Waals surface area contributed by atoms with Gasteiger partial charge in [0.15, 0.2) is 5.78 Å². The molecule has 0 aromatic heterocycles. The van der Waals surface area contributed by atoms with Gasteiger partial charge in [0.25, 0.3) is 5.91 Å². The smallest absolute Gasteiger partial charge is 0.408 e. The molecule has 1 aliphatic heterocycles. The largest absolute Gasteiger partial charge is 0.445 e. The van der Waals surface area contributed by atoms with E-state index in [4.69, 9.17) is 9.47 Å². The van der Waals surface area contributed by atoms with Crippen molar-refractivity contribution in [2.24, 2.45) is 11.8 Å². The van der Waals surface area contributed by atoms with E-state index >= 15 is 0 Å². The van der Waals surface area contributed by atoms with Gasteiger partial charge in [0, 0.05) is 25.5 Å². The zero-order valence-electron chi connectivity index (χ0n) is 18.9. The Morgan fingerprint density at radius 1 is 1.12 bits per heavy atom. The number of ketones is 2. The predicted molar refractivity (Wildman–Crippen MR) is 119 cm³/mol. The van der Waals surface area contributed by atoms with Crippen molar-refractivity contribution in [2.45, 2.75) is 58.6 Å². The van der Waals surface area contributed by atoms with E-state index in [1.165, 1.54) is 0 Å². The lowest BCUT2D eigenvalue weighted by atomic mass is 9.87. The van der Waals surface area contributed by atoms with Crippen LogP contribution in [-0.2, 0) is 30.5 Å². The highest BCUT2D eigenvalue weighted by atomic mass is 16.5. The molecule has 0 spiro atoms. The van der Waals surface area contributed by atoms with E-state index < -0.39 is 29.7 Å². The van der Waals surface area contributed by atoms with Gasteiger partial charge in [0.05, 0.1) is 12.6 Å². The predicted octanol–water partition coefficient (Wildman–Crippen LogP) is 2.79. The van der Waals surface area contributed by atoms with E-state index in [-0.39, 0.29) is 31.3 Å². The molecule has 176 valence electrons. The van der Waals surface area contributed by atoms with Crippen LogP contribution in [0.5, 0.6) is 0 Å². The highest BCUT2D eigenvalue weighted by Gasteiger charge is 2.32. The first-order valence-electron chi connectivity index (χ1n) is 11.3. The quantitative estimate of drug-likeness (QED) is 0.623. The molecule has 0 radical (unpaired) electrons. The lowest BCUT2D eigenvalue weighted by Crippen LogP contribution is -2.46. The van der Waals surface area contributed by atoms with Gasteiger partial charge in [-0.3, -0.25) is 14.4 Å². The molecule has 8 nitrogen and oxygen atoms in total. The average Bonchev–Trinajstić information content (AvgIpc) is 2.78. The summed E-state index contributed by atoms with van der Waals surface area (Å²) in [6, 6.07) is 8.44. The molecule has 2 atom stereocenters. The van der Waals surface area contributed by atoms with E-state index in [1.807, 2.05) is 44.2 Å². The second kappa shape index (κ2) is 13.6. The van der Waals surface area contributed by atoms with Crippen molar-refractivity contribution in [3.05, 3.63) is 35.9 Å². The first-order valence-corrected chi connectivity index (χ1v) is 11.3. The van der Waals surface area contributed by atoms with Crippen LogP contribution >= 0.6 is 0 Å². The molecule has 2 N–H and O–H groups in total. The number of amides is 2. The maximum Gasteiger partial charge on any atom is 0.408 e. The molecule has 32 heavy (non-hydrogen) atoms. The third kappa shape index (κ3) is 8.78. The summed E-state index contributed by atoms with van der Waals surface area (Å²) < 4.78 is 10.6. The zero-order chi connectivity index (χ0) is 23.3. The van der Waals surface area contributed by atoms with Crippen LogP contribution in [0.15, 0.2) is 30.3 Å². The van der Waals surface area contributed by atoms with Crippen LogP contribution in [0.3, 0.4) is 0 Å². The summed E-state index contributed by atoms with van der Waals surface area (Å²) in [6.07, 6.45) is 2.11. The third-order valence-corrected chi connectivity index (χ3v) is 5.42. The minimum atomic E-state index is -0.802. The number of alkyl carbamates (subject to hydrolysis) is 1. The second-order valence-electron chi connectivity index (χ2n) is 8.38. The number of carbonyl (C=O) groups excluding carboxylic acids is 4. The summed E-state index contributed by atoms with van der Waals surface area (Å²) in [5.41, 5.74) is 0.838. The van der Waals surface area contributed by atoms with Crippen molar-refractivity contribution in [1.82, 2.24) is 10.6 Å². The molecule has 2 amide bonds. The molecule has 1 saturated heterocycles. The number of Topliss-reactive ketones (excluding diaryl/α,β-unsaturated/α-hetero) is 2. The lowest BCUT2D eigenvalue weighted by Gasteiger charge is -2.23. The van der Waals surface area contributed by atoms with Gasteiger partial charge in [0.2, 0.25) is 5.78 Å². The van der Waals surface area contributed by atoms with Crippen molar-refractivity contribution < 1.29 is 28.7 Å². The third-order valence-electron chi connectivity index (χ3n) is 5.42. The van der Waals surface area contributed by atoms with Gasteiger partial charge in [-0.15, -0.1) is 0 Å². The van der Waals surface area contributed by atoms with E-state index in [2.05, 4.69) is 10.6 Å². The highest BCUT2D eigenvalue weighted by molar-refractivity contribution is 6.37. The molecular formula is C24H34N2O6. The fourth-order valence-electron chi connectivity index (χ4n) is 3.59. The molecule has 1 fully saturated rings. The number of nitrogens with one attached hydrogen (secondary N) is 2. The van der Waals surface area contributed by atoms with Crippen LogP contribution in [0.1, 0.15) is 51.5 Å². The Morgan fingerprint density at radius 3 is 2.59 bits per heavy atom. The molecule has 8 heteroatoms. The summed E-state index contributed by atoms with van der Waals surface area (Å²) in [5, 5.41) is 5.19. The standard InChI is InChI=1S/C24H34N2O6/c1-17(2)21(26-24(30)32-16-18-9-5-3-6-10-18)20(27)15-19-11-7-4-8-13-31-14-12-25-23(29)22(19)28/h3,5-6,9-10,17,19,21H,4,7-8,11-16H2,1-2H3,(H,25,29)(H,26,30). The zero-order valence-corrected chi connectivity index (χ0v) is 18.9. The van der Waals surface area contributed by atoms with Crippen LogP contribution < -0.4 is 10.6 Å². The minimum absolute atomic E-state index is 0.0927. The number of rotatable bonds is 7. The Hall–Kier alpha value is -2.74. The lowest BCUT2D eigenvalue weighted by molar-refractivity contribution is -0.141. The maximum atomic E-state index is 13.0. The van der Waals surface area contributed by atoms with Gasteiger partial charge in [-0.2, -0.15) is 0 Å². The van der Waals surface area contributed by atoms with Crippen LogP contribution in [0.4, 0.5) is 4.79 Å². The molecule has 0 aliphatic carbocycles. The van der Waals surface area contributed by atoms with Gasteiger partial charge in [-0.25, -0.2) is 4.79 Å². The van der Waals surface area contributed by atoms with Crippen molar-refractivity contribution in [1.29, 1.82) is 0 Å². The molecule has 1 aromatic rings. The van der Waals surface area contributed by atoms with E-state index in [0.29, 0.717) is 19.6 Å². The highest BCUT2D eigenvalue weighted by Crippen LogP contribution is 2.19. The Morgan fingerprint density at radius 2 is 1.88 bits per heavy atom. The fourth-order valence-corrected chi connectivity index (χ4v) is 3.59. The number of ether oxygens (including phenoxy) is 2. The number of hydrogen-bond donors (Lipinski definition) is 2. The van der Waals surface area contributed by atoms with E-state index in [1.54, 1.807) is 0 Å². The molecule has 1 aromatic carbocycles. The summed E-state index contributed by atoms with van der Waals surface area (Å²) in [4.78, 5) is 50.1. The summed E-state index contributed by atoms with van der Waals surface area (Å²) in [6.45, 7) is 4.95. The summed E-state index contributed by atoms with van der Waals surface area (Å²) in [5.74, 6) is -2.46. The molecule has 1 heterocycles. The van der Waals surface area contributed by atoms with E-state index in [9.17, 15) is 19.2 Å². The monoisotopic (exact) mass is 446 g/mol. The average molecular weight is 447 g/mol. The number of carbonyl (C=O) groups is 4. The Kier molecular flexibility index (Phi) is 10.9. The SMILES string of the molecule is CC(C)C(NC(=O)OCc1ccccc1)C(=O)CC1CCCCCOCCNC(=O)C1=O. The van der Waals surface area contributed by atoms with Gasteiger partial charge < -0.3 is 20.1 Å². The topological polar surface area (TPSA) is 111 Å². The Bertz CT molecular complexity index is 765. The van der Waals surface area contributed by atoms with E-state index in [0.717, 1.165) is 24.8 Å². The maximum absolute atomic E-state index is 13.0. The number of benzene rings is 1. The Balaban J connectivity index is 1.97. The molecule has 0 saturated carbocycles. The summed E-state index contributed by atoms with van der Waals surface area (Å²) in [7, 11) is 0. The first-order chi connectivity index (χ1) is 15.4. The number of hydrogen-bond acceptors (Lipinski definition) is 6.